The minimum atomic E-state index is 0.251. The van der Waals surface area contributed by atoms with Crippen molar-refractivity contribution in [2.45, 2.75) is 30.3 Å². The molecular weight excluding hydrogens is 242 g/mol. The summed E-state index contributed by atoms with van der Waals surface area (Å²) in [6.07, 6.45) is 4.85. The zero-order valence-electron chi connectivity index (χ0n) is 10.4. The van der Waals surface area contributed by atoms with Gasteiger partial charge in [0.25, 0.3) is 0 Å². The van der Waals surface area contributed by atoms with Gasteiger partial charge in [-0.25, -0.2) is 4.98 Å². The number of aromatic amines is 1. The number of nitrogens with zero attached hydrogens (tertiary/aromatic N) is 1. The van der Waals surface area contributed by atoms with Gasteiger partial charge in [-0.05, 0) is 30.7 Å². The highest BCUT2D eigenvalue weighted by Crippen LogP contribution is 2.36. The molecule has 0 saturated heterocycles. The highest BCUT2D eigenvalue weighted by Gasteiger charge is 2.22. The molecule has 2 unspecified atom stereocenters. The third-order valence-corrected chi connectivity index (χ3v) is 4.46. The number of nitrogens with one attached hydrogen (secondary N) is 2. The fourth-order valence-corrected chi connectivity index (χ4v) is 3.54. The van der Waals surface area contributed by atoms with Crippen LogP contribution in [-0.4, -0.2) is 15.7 Å². The van der Waals surface area contributed by atoms with Crippen molar-refractivity contribution in [3.63, 3.8) is 0 Å². The second-order valence-electron chi connectivity index (χ2n) is 4.59. The van der Waals surface area contributed by atoms with E-state index in [0.29, 0.717) is 6.04 Å². The molecule has 1 aliphatic rings. The van der Waals surface area contributed by atoms with Crippen molar-refractivity contribution in [1.29, 1.82) is 0 Å². The monoisotopic (exact) mass is 259 g/mol. The smallest absolute Gasteiger partial charge is 0.122 e. The van der Waals surface area contributed by atoms with Gasteiger partial charge >= 0.3 is 0 Å². The Morgan fingerprint density at radius 2 is 2.33 bits per heavy atom. The van der Waals surface area contributed by atoms with E-state index in [0.717, 1.165) is 5.82 Å². The Labute approximate surface area is 111 Å². The first kappa shape index (κ1) is 11.8. The van der Waals surface area contributed by atoms with Gasteiger partial charge in [-0.15, -0.1) is 11.8 Å². The van der Waals surface area contributed by atoms with Crippen molar-refractivity contribution in [2.24, 2.45) is 0 Å². The molecule has 0 bridgehead atoms. The largest absolute Gasteiger partial charge is 0.347 e. The predicted octanol–water partition coefficient (Wildman–Crippen LogP) is 3.30. The zero-order valence-corrected chi connectivity index (χ0v) is 11.2. The third kappa shape index (κ3) is 2.31. The summed E-state index contributed by atoms with van der Waals surface area (Å²) in [5.74, 6) is 2.19. The maximum Gasteiger partial charge on any atom is 0.122 e. The molecule has 1 aromatic heterocycles. The van der Waals surface area contributed by atoms with Gasteiger partial charge in [0.05, 0.1) is 6.04 Å². The van der Waals surface area contributed by atoms with Crippen molar-refractivity contribution < 1.29 is 0 Å². The number of fused-ring (bicyclic) bond motifs is 1. The zero-order chi connectivity index (χ0) is 12.4. The van der Waals surface area contributed by atoms with E-state index < -0.39 is 0 Å². The first-order valence-corrected chi connectivity index (χ1v) is 7.30. The van der Waals surface area contributed by atoms with E-state index >= 15 is 0 Å². The minimum absolute atomic E-state index is 0.251. The fraction of sp³-hybridized carbons (Fsp3) is 0.357. The molecule has 0 aliphatic carbocycles. The van der Waals surface area contributed by atoms with Gasteiger partial charge in [0.15, 0.2) is 0 Å². The number of imidazole rings is 1. The Kier molecular flexibility index (Phi) is 3.39. The van der Waals surface area contributed by atoms with Gasteiger partial charge in [0, 0.05) is 23.3 Å². The van der Waals surface area contributed by atoms with Gasteiger partial charge in [-0.1, -0.05) is 18.2 Å². The summed E-state index contributed by atoms with van der Waals surface area (Å²) in [6.45, 7) is 2.16. The van der Waals surface area contributed by atoms with Crippen molar-refractivity contribution in [1.82, 2.24) is 15.3 Å². The van der Waals surface area contributed by atoms with E-state index in [2.05, 4.69) is 46.5 Å². The molecule has 18 heavy (non-hydrogen) atoms. The van der Waals surface area contributed by atoms with Crippen LogP contribution in [0.4, 0.5) is 0 Å². The van der Waals surface area contributed by atoms with Crippen LogP contribution in [0, 0.1) is 0 Å². The number of H-pyrrole nitrogens is 1. The van der Waals surface area contributed by atoms with Crippen LogP contribution in [0.2, 0.25) is 0 Å². The Morgan fingerprint density at radius 3 is 3.17 bits per heavy atom. The molecule has 0 amide bonds. The molecule has 94 valence electrons. The molecule has 3 rings (SSSR count). The Balaban J connectivity index is 1.78. The average Bonchev–Trinajstić information content (AvgIpc) is 2.93. The highest BCUT2D eigenvalue weighted by atomic mass is 32.2. The first-order valence-electron chi connectivity index (χ1n) is 6.31. The van der Waals surface area contributed by atoms with Gasteiger partial charge in [-0.2, -0.15) is 0 Å². The number of rotatable bonds is 3. The lowest BCUT2D eigenvalue weighted by Gasteiger charge is -2.28. The van der Waals surface area contributed by atoms with Crippen LogP contribution in [0.1, 0.15) is 36.8 Å². The molecule has 2 heterocycles. The summed E-state index contributed by atoms with van der Waals surface area (Å²) in [7, 11) is 0. The summed E-state index contributed by atoms with van der Waals surface area (Å²) in [5, 5.41) is 3.67. The molecule has 3 nitrogen and oxygen atoms in total. The van der Waals surface area contributed by atoms with Crippen molar-refractivity contribution in [3.05, 3.63) is 48.0 Å². The third-order valence-electron chi connectivity index (χ3n) is 3.34. The van der Waals surface area contributed by atoms with E-state index in [4.69, 9.17) is 0 Å². The van der Waals surface area contributed by atoms with Gasteiger partial charge in [0.1, 0.15) is 5.82 Å². The Hall–Kier alpha value is -1.26. The quantitative estimate of drug-likeness (QED) is 0.888. The normalized spacial score (nSPS) is 20.4. The van der Waals surface area contributed by atoms with Crippen LogP contribution >= 0.6 is 11.8 Å². The van der Waals surface area contributed by atoms with E-state index in [1.54, 1.807) is 6.20 Å². The van der Waals surface area contributed by atoms with E-state index in [9.17, 15) is 0 Å². The molecule has 2 aromatic rings. The molecular formula is C14H17N3S. The minimum Gasteiger partial charge on any atom is -0.347 e. The summed E-state index contributed by atoms with van der Waals surface area (Å²) in [4.78, 5) is 8.90. The van der Waals surface area contributed by atoms with E-state index in [-0.39, 0.29) is 6.04 Å². The number of benzene rings is 1. The molecule has 1 aliphatic heterocycles. The molecule has 2 atom stereocenters. The average molecular weight is 259 g/mol. The molecule has 1 aromatic carbocycles. The van der Waals surface area contributed by atoms with Crippen LogP contribution in [0.3, 0.4) is 0 Å². The fourth-order valence-electron chi connectivity index (χ4n) is 2.41. The van der Waals surface area contributed by atoms with Gasteiger partial charge in [-0.3, -0.25) is 0 Å². The van der Waals surface area contributed by atoms with E-state index in [1.165, 1.54) is 22.6 Å². The highest BCUT2D eigenvalue weighted by molar-refractivity contribution is 7.99. The summed E-state index contributed by atoms with van der Waals surface area (Å²) >= 11 is 1.95. The van der Waals surface area contributed by atoms with Crippen molar-refractivity contribution >= 4 is 11.8 Å². The number of thioether (sulfide) groups is 1. The van der Waals surface area contributed by atoms with Crippen molar-refractivity contribution in [3.8, 4) is 0 Å². The topological polar surface area (TPSA) is 40.7 Å². The van der Waals surface area contributed by atoms with Gasteiger partial charge in [0.2, 0.25) is 0 Å². The lowest BCUT2D eigenvalue weighted by molar-refractivity contribution is 0.439. The van der Waals surface area contributed by atoms with Crippen LogP contribution in [0.5, 0.6) is 0 Å². The summed E-state index contributed by atoms with van der Waals surface area (Å²) in [5.41, 5.74) is 1.42. The number of hydrogen-bond acceptors (Lipinski definition) is 3. The molecule has 0 spiro atoms. The second-order valence-corrected chi connectivity index (χ2v) is 5.73. The maximum atomic E-state index is 4.31. The summed E-state index contributed by atoms with van der Waals surface area (Å²) < 4.78 is 0. The Morgan fingerprint density at radius 1 is 1.44 bits per heavy atom. The lowest BCUT2D eigenvalue weighted by Crippen LogP contribution is -2.27. The second kappa shape index (κ2) is 5.16. The molecule has 0 fully saturated rings. The van der Waals surface area contributed by atoms with Crippen LogP contribution < -0.4 is 5.32 Å². The first-order chi connectivity index (χ1) is 8.84. The lowest BCUT2D eigenvalue weighted by atomic mass is 10.0. The van der Waals surface area contributed by atoms with E-state index in [1.807, 2.05) is 18.0 Å². The Bertz CT molecular complexity index is 510. The molecule has 0 radical (unpaired) electrons. The van der Waals surface area contributed by atoms with Crippen molar-refractivity contribution in [2.75, 3.05) is 5.75 Å². The molecule has 0 saturated carbocycles. The SMILES string of the molecule is CC(NC1CCSc2ccccc21)c1ncc[nH]1. The molecule has 4 heteroatoms. The van der Waals surface area contributed by atoms with Crippen LogP contribution in [0.15, 0.2) is 41.6 Å². The summed E-state index contributed by atoms with van der Waals surface area (Å²) in [6, 6.07) is 9.37. The number of hydrogen-bond donors (Lipinski definition) is 2. The van der Waals surface area contributed by atoms with Crippen LogP contribution in [-0.2, 0) is 0 Å². The van der Waals surface area contributed by atoms with Crippen LogP contribution in [0.25, 0.3) is 0 Å². The number of aromatic nitrogens is 2. The standard InChI is InChI=1S/C14H17N3S/c1-10(14-15-7-8-16-14)17-12-6-9-18-13-5-3-2-4-11(12)13/h2-5,7-8,10,12,17H,6,9H2,1H3,(H,15,16). The predicted molar refractivity (Wildman–Crippen MR) is 74.7 cm³/mol. The van der Waals surface area contributed by atoms with Gasteiger partial charge < -0.3 is 10.3 Å². The maximum absolute atomic E-state index is 4.31. The molecule has 2 N–H and O–H groups in total.